The van der Waals surface area contributed by atoms with E-state index in [-0.39, 0.29) is 4.87 Å². The molecule has 3 heteroatoms. The van der Waals surface area contributed by atoms with Gasteiger partial charge in [0.05, 0.1) is 16.9 Å². The predicted molar refractivity (Wildman–Crippen MR) is 61.9 cm³/mol. The van der Waals surface area contributed by atoms with Gasteiger partial charge in [0, 0.05) is 0 Å². The highest BCUT2D eigenvalue weighted by molar-refractivity contribution is 8.00. The molecule has 1 aromatic rings. The van der Waals surface area contributed by atoms with Crippen LogP contribution in [0.5, 0.6) is 5.75 Å². The Bertz CT molecular complexity index is 318. The number of hydrogen-bond donors (Lipinski definition) is 1. The van der Waals surface area contributed by atoms with E-state index in [4.69, 9.17) is 10.5 Å². The number of hydrogen-bond acceptors (Lipinski definition) is 3. The minimum Gasteiger partial charge on any atom is -0.496 e. The van der Waals surface area contributed by atoms with Crippen LogP contribution in [0.15, 0.2) is 23.1 Å². The first-order valence-electron chi connectivity index (χ1n) is 4.55. The van der Waals surface area contributed by atoms with Gasteiger partial charge < -0.3 is 10.5 Å². The van der Waals surface area contributed by atoms with Gasteiger partial charge in [-0.25, -0.2) is 0 Å². The number of aryl methyl sites for hydroxylation is 1. The summed E-state index contributed by atoms with van der Waals surface area (Å²) >= 11 is 1.62. The molecule has 1 aromatic carbocycles. The lowest BCUT2D eigenvalue weighted by atomic mass is 10.2. The van der Waals surface area contributed by atoms with Crippen molar-refractivity contribution in [2.75, 3.05) is 7.11 Å². The average molecular weight is 211 g/mol. The Balaban J connectivity index is 2.99. The summed E-state index contributed by atoms with van der Waals surface area (Å²) in [6.45, 7) is 6.03. The van der Waals surface area contributed by atoms with Crippen molar-refractivity contribution in [2.45, 2.75) is 30.5 Å². The summed E-state index contributed by atoms with van der Waals surface area (Å²) in [5, 5.41) is 0. The Labute approximate surface area is 89.8 Å². The van der Waals surface area contributed by atoms with Crippen LogP contribution in [0, 0.1) is 6.92 Å². The van der Waals surface area contributed by atoms with Crippen molar-refractivity contribution in [3.63, 3.8) is 0 Å². The zero-order chi connectivity index (χ0) is 10.8. The fraction of sp³-hybridized carbons (Fsp3) is 0.455. The fourth-order valence-corrected chi connectivity index (χ4v) is 2.21. The van der Waals surface area contributed by atoms with Gasteiger partial charge in [-0.1, -0.05) is 6.07 Å². The zero-order valence-electron chi connectivity index (χ0n) is 9.13. The zero-order valence-corrected chi connectivity index (χ0v) is 9.94. The van der Waals surface area contributed by atoms with Gasteiger partial charge in [0.1, 0.15) is 5.75 Å². The lowest BCUT2D eigenvalue weighted by molar-refractivity contribution is 0.404. The maximum absolute atomic E-state index is 5.95. The third-order valence-corrected chi connectivity index (χ3v) is 2.76. The molecule has 0 aliphatic carbocycles. The molecule has 2 nitrogen and oxygen atoms in total. The van der Waals surface area contributed by atoms with Crippen LogP contribution in [-0.4, -0.2) is 12.0 Å². The maximum Gasteiger partial charge on any atom is 0.132 e. The molecular formula is C11H17NOS. The third kappa shape index (κ3) is 3.24. The number of thioether (sulfide) groups is 1. The first-order valence-corrected chi connectivity index (χ1v) is 5.36. The second-order valence-electron chi connectivity index (χ2n) is 3.86. The molecule has 0 aromatic heterocycles. The van der Waals surface area contributed by atoms with Gasteiger partial charge in [-0.15, -0.1) is 11.8 Å². The smallest absolute Gasteiger partial charge is 0.132 e. The van der Waals surface area contributed by atoms with E-state index >= 15 is 0 Å². The molecule has 0 fully saturated rings. The molecule has 0 radical (unpaired) electrons. The molecule has 0 spiro atoms. The summed E-state index contributed by atoms with van der Waals surface area (Å²) in [7, 11) is 1.68. The van der Waals surface area contributed by atoms with E-state index in [1.165, 1.54) is 5.56 Å². The molecule has 14 heavy (non-hydrogen) atoms. The van der Waals surface area contributed by atoms with Crippen molar-refractivity contribution in [3.8, 4) is 5.75 Å². The van der Waals surface area contributed by atoms with Crippen LogP contribution in [0.2, 0.25) is 0 Å². The Morgan fingerprint density at radius 3 is 2.50 bits per heavy atom. The van der Waals surface area contributed by atoms with E-state index in [1.54, 1.807) is 18.9 Å². The minimum absolute atomic E-state index is 0.277. The van der Waals surface area contributed by atoms with Gasteiger partial charge in [0.25, 0.3) is 0 Å². The van der Waals surface area contributed by atoms with E-state index in [0.29, 0.717) is 0 Å². The number of methoxy groups -OCH3 is 1. The SMILES string of the molecule is COc1ccc(C)cc1SC(C)(C)N. The molecule has 1 rings (SSSR count). The summed E-state index contributed by atoms with van der Waals surface area (Å²) in [5.74, 6) is 0.888. The summed E-state index contributed by atoms with van der Waals surface area (Å²) < 4.78 is 5.27. The summed E-state index contributed by atoms with van der Waals surface area (Å²) in [6.07, 6.45) is 0. The van der Waals surface area contributed by atoms with E-state index in [2.05, 4.69) is 13.0 Å². The maximum atomic E-state index is 5.95. The first-order chi connectivity index (χ1) is 6.42. The predicted octanol–water partition coefficient (Wildman–Crippen LogP) is 2.79. The van der Waals surface area contributed by atoms with Crippen LogP contribution in [0.3, 0.4) is 0 Å². The van der Waals surface area contributed by atoms with Gasteiger partial charge >= 0.3 is 0 Å². The molecule has 0 atom stereocenters. The van der Waals surface area contributed by atoms with Gasteiger partial charge in [-0.3, -0.25) is 0 Å². The molecule has 0 saturated heterocycles. The first kappa shape index (κ1) is 11.4. The number of nitrogens with two attached hydrogens (primary N) is 1. The molecule has 2 N–H and O–H groups in total. The van der Waals surface area contributed by atoms with E-state index in [1.807, 2.05) is 26.0 Å². The van der Waals surface area contributed by atoms with Crippen LogP contribution in [0.1, 0.15) is 19.4 Å². The lowest BCUT2D eigenvalue weighted by Crippen LogP contribution is -2.26. The lowest BCUT2D eigenvalue weighted by Gasteiger charge is -2.19. The normalized spacial score (nSPS) is 11.5. The second-order valence-corrected chi connectivity index (χ2v) is 5.56. The highest BCUT2D eigenvalue weighted by Gasteiger charge is 2.15. The molecule has 0 heterocycles. The van der Waals surface area contributed by atoms with Crippen molar-refractivity contribution in [2.24, 2.45) is 5.73 Å². The van der Waals surface area contributed by atoms with Crippen molar-refractivity contribution >= 4 is 11.8 Å². The van der Waals surface area contributed by atoms with E-state index < -0.39 is 0 Å². The van der Waals surface area contributed by atoms with Crippen LogP contribution < -0.4 is 10.5 Å². The molecule has 0 amide bonds. The van der Waals surface area contributed by atoms with Crippen molar-refractivity contribution in [1.82, 2.24) is 0 Å². The number of rotatable bonds is 3. The Kier molecular flexibility index (Phi) is 3.45. The Morgan fingerprint density at radius 1 is 1.36 bits per heavy atom. The molecule has 0 aliphatic rings. The quantitative estimate of drug-likeness (QED) is 0.617. The van der Waals surface area contributed by atoms with Crippen molar-refractivity contribution in [3.05, 3.63) is 23.8 Å². The van der Waals surface area contributed by atoms with Gasteiger partial charge in [0.15, 0.2) is 0 Å². The van der Waals surface area contributed by atoms with Gasteiger partial charge in [0.2, 0.25) is 0 Å². The fourth-order valence-electron chi connectivity index (χ4n) is 1.15. The van der Waals surface area contributed by atoms with Crippen LogP contribution >= 0.6 is 11.8 Å². The summed E-state index contributed by atoms with van der Waals surface area (Å²) in [6, 6.07) is 6.11. The molecular weight excluding hydrogens is 194 g/mol. The second kappa shape index (κ2) is 4.24. The molecule has 0 bridgehead atoms. The topological polar surface area (TPSA) is 35.2 Å². The Hall–Kier alpha value is -0.670. The summed E-state index contributed by atoms with van der Waals surface area (Å²) in [4.78, 5) is 0.821. The van der Waals surface area contributed by atoms with Crippen molar-refractivity contribution < 1.29 is 4.74 Å². The van der Waals surface area contributed by atoms with Gasteiger partial charge in [-0.05, 0) is 38.5 Å². The standard InChI is InChI=1S/C11H17NOS/c1-8-5-6-9(13-4)10(7-8)14-11(2,3)12/h5-7H,12H2,1-4H3. The van der Waals surface area contributed by atoms with Crippen molar-refractivity contribution in [1.29, 1.82) is 0 Å². The minimum atomic E-state index is -0.277. The van der Waals surface area contributed by atoms with Crippen LogP contribution in [-0.2, 0) is 0 Å². The monoisotopic (exact) mass is 211 g/mol. The number of benzene rings is 1. The molecule has 0 unspecified atom stereocenters. The van der Waals surface area contributed by atoms with E-state index in [0.717, 1.165) is 10.6 Å². The largest absolute Gasteiger partial charge is 0.496 e. The van der Waals surface area contributed by atoms with E-state index in [9.17, 15) is 0 Å². The number of ether oxygens (including phenoxy) is 1. The molecule has 78 valence electrons. The molecule has 0 saturated carbocycles. The summed E-state index contributed by atoms with van der Waals surface area (Å²) in [5.41, 5.74) is 7.17. The highest BCUT2D eigenvalue weighted by atomic mass is 32.2. The molecule has 0 aliphatic heterocycles. The highest BCUT2D eigenvalue weighted by Crippen LogP contribution is 2.35. The van der Waals surface area contributed by atoms with Crippen LogP contribution in [0.25, 0.3) is 0 Å². The Morgan fingerprint density at radius 2 is 2.00 bits per heavy atom. The van der Waals surface area contributed by atoms with Gasteiger partial charge in [-0.2, -0.15) is 0 Å². The average Bonchev–Trinajstić information content (AvgIpc) is 2.01. The van der Waals surface area contributed by atoms with Crippen LogP contribution in [0.4, 0.5) is 0 Å². The third-order valence-electron chi connectivity index (χ3n) is 1.69.